The number of carbonyl (C=O) groups excluding carboxylic acids is 4. The molecule has 0 aliphatic carbocycles. The number of rotatable bonds is 10. The smallest absolute Gasteiger partial charge is 0.305 e. The predicted octanol–water partition coefficient (Wildman–Crippen LogP) is 4.08. The van der Waals surface area contributed by atoms with Gasteiger partial charge >= 0.3 is 23.9 Å². The summed E-state index contributed by atoms with van der Waals surface area (Å²) in [6.45, 7) is 3.78. The quantitative estimate of drug-likeness (QED) is 0.194. The largest absolute Gasteiger partial charge is 0.456 e. The van der Waals surface area contributed by atoms with Crippen LogP contribution in [0.2, 0.25) is 0 Å². The third kappa shape index (κ3) is 7.10. The number of benzene rings is 3. The zero-order chi connectivity index (χ0) is 31.0. The van der Waals surface area contributed by atoms with E-state index in [4.69, 9.17) is 28.4 Å². The van der Waals surface area contributed by atoms with Crippen LogP contribution < -0.4 is 0 Å². The van der Waals surface area contributed by atoms with E-state index in [1.165, 1.54) is 6.92 Å². The molecule has 0 spiro atoms. The Morgan fingerprint density at radius 1 is 0.674 bits per heavy atom. The molecule has 226 valence electrons. The first-order valence-electron chi connectivity index (χ1n) is 13.7. The standard InChI is InChI=1S/C33H34O10/c1-22(34)40-29-20-38-32(43-25(4)37,31(42-24(3)36)30(29)41-23(2)35)21-39-33(26-14-8-5-9-15-26,27-16-10-6-11-17-27)28-18-12-7-13-19-28/h5-19,29-31H,20-21H2,1-4H3/t29-,30-,31-,32-/m1/s1. The van der Waals surface area contributed by atoms with Crippen LogP contribution in [0.3, 0.4) is 0 Å². The first-order chi connectivity index (χ1) is 20.6. The fourth-order valence-electron chi connectivity index (χ4n) is 5.29. The molecule has 10 nitrogen and oxygen atoms in total. The van der Waals surface area contributed by atoms with E-state index in [-0.39, 0.29) is 6.61 Å². The second kappa shape index (κ2) is 13.6. The number of hydrogen-bond acceptors (Lipinski definition) is 10. The Morgan fingerprint density at radius 2 is 1.12 bits per heavy atom. The number of esters is 4. The molecule has 1 fully saturated rings. The molecule has 3 aromatic carbocycles. The average Bonchev–Trinajstić information content (AvgIpc) is 2.97. The van der Waals surface area contributed by atoms with Crippen LogP contribution in [0.1, 0.15) is 44.4 Å². The molecule has 1 aliphatic heterocycles. The Hall–Kier alpha value is -4.54. The van der Waals surface area contributed by atoms with Gasteiger partial charge in [-0.2, -0.15) is 0 Å². The number of hydrogen-bond donors (Lipinski definition) is 0. The monoisotopic (exact) mass is 590 g/mol. The SMILES string of the molecule is CC(=O)O[C@H]1[C@@H](OC(C)=O)[C@@](COC(c2ccccc2)(c2ccccc2)c2ccccc2)(OC(C)=O)OC[C@H]1OC(C)=O. The van der Waals surface area contributed by atoms with E-state index in [1.807, 2.05) is 91.0 Å². The van der Waals surface area contributed by atoms with Crippen molar-refractivity contribution in [1.29, 1.82) is 0 Å². The average molecular weight is 591 g/mol. The number of carbonyl (C=O) groups is 4. The van der Waals surface area contributed by atoms with Crippen LogP contribution in [0.5, 0.6) is 0 Å². The molecule has 1 aliphatic rings. The summed E-state index contributed by atoms with van der Waals surface area (Å²) in [5.74, 6) is -5.10. The molecular formula is C33H34O10. The second-order valence-corrected chi connectivity index (χ2v) is 10.0. The summed E-state index contributed by atoms with van der Waals surface area (Å²) < 4.78 is 35.2. The van der Waals surface area contributed by atoms with Gasteiger partial charge in [0.2, 0.25) is 6.10 Å². The summed E-state index contributed by atoms with van der Waals surface area (Å²) in [7, 11) is 0. The van der Waals surface area contributed by atoms with Gasteiger partial charge in [0.25, 0.3) is 5.79 Å². The van der Waals surface area contributed by atoms with E-state index in [0.29, 0.717) is 0 Å². The van der Waals surface area contributed by atoms with Crippen LogP contribution in [0.25, 0.3) is 0 Å². The van der Waals surface area contributed by atoms with Crippen molar-refractivity contribution in [3.8, 4) is 0 Å². The van der Waals surface area contributed by atoms with E-state index in [1.54, 1.807) is 0 Å². The minimum atomic E-state index is -2.11. The summed E-state index contributed by atoms with van der Waals surface area (Å²) in [6.07, 6.45) is -4.13. The van der Waals surface area contributed by atoms with Crippen LogP contribution in [0.4, 0.5) is 0 Å². The topological polar surface area (TPSA) is 124 Å². The Kier molecular flexibility index (Phi) is 9.95. The first kappa shape index (κ1) is 31.4. The van der Waals surface area contributed by atoms with E-state index in [9.17, 15) is 19.2 Å². The number of ether oxygens (including phenoxy) is 6. The maximum absolute atomic E-state index is 12.6. The molecule has 1 saturated heterocycles. The lowest BCUT2D eigenvalue weighted by molar-refractivity contribution is -0.345. The maximum Gasteiger partial charge on any atom is 0.305 e. The Labute approximate surface area is 249 Å². The second-order valence-electron chi connectivity index (χ2n) is 10.0. The van der Waals surface area contributed by atoms with Crippen LogP contribution in [-0.2, 0) is 53.2 Å². The summed E-state index contributed by atoms with van der Waals surface area (Å²) in [4.78, 5) is 49.1. The minimum absolute atomic E-state index is 0.360. The highest BCUT2D eigenvalue weighted by molar-refractivity contribution is 5.69. The van der Waals surface area contributed by atoms with Crippen LogP contribution in [0, 0.1) is 0 Å². The molecule has 43 heavy (non-hydrogen) atoms. The van der Waals surface area contributed by atoms with E-state index >= 15 is 0 Å². The van der Waals surface area contributed by atoms with Gasteiger partial charge in [0, 0.05) is 27.7 Å². The summed E-state index contributed by atoms with van der Waals surface area (Å²) in [5, 5.41) is 0. The molecule has 0 saturated carbocycles. The predicted molar refractivity (Wildman–Crippen MR) is 152 cm³/mol. The van der Waals surface area contributed by atoms with Gasteiger partial charge in [0.1, 0.15) is 12.2 Å². The highest BCUT2D eigenvalue weighted by atomic mass is 16.8. The van der Waals surface area contributed by atoms with Crippen molar-refractivity contribution < 1.29 is 47.6 Å². The molecule has 0 unspecified atom stereocenters. The Balaban J connectivity index is 1.90. The highest BCUT2D eigenvalue weighted by Gasteiger charge is 2.60. The lowest BCUT2D eigenvalue weighted by atomic mass is 9.80. The lowest BCUT2D eigenvalue weighted by Gasteiger charge is -2.48. The molecular weight excluding hydrogens is 556 g/mol. The molecule has 4 rings (SSSR count). The molecule has 0 radical (unpaired) electrons. The van der Waals surface area contributed by atoms with Crippen molar-refractivity contribution in [2.24, 2.45) is 0 Å². The molecule has 10 heteroatoms. The van der Waals surface area contributed by atoms with Crippen LogP contribution in [0.15, 0.2) is 91.0 Å². The van der Waals surface area contributed by atoms with Gasteiger partial charge in [-0.3, -0.25) is 19.2 Å². The van der Waals surface area contributed by atoms with Crippen molar-refractivity contribution in [1.82, 2.24) is 0 Å². The third-order valence-corrected chi connectivity index (χ3v) is 6.85. The van der Waals surface area contributed by atoms with Crippen molar-refractivity contribution in [2.75, 3.05) is 13.2 Å². The van der Waals surface area contributed by atoms with E-state index < -0.39 is 60.2 Å². The summed E-state index contributed by atoms with van der Waals surface area (Å²) in [5.41, 5.74) is 0.976. The molecule has 0 aromatic heterocycles. The fraction of sp³-hybridized carbons (Fsp3) is 0.333. The maximum atomic E-state index is 12.6. The van der Waals surface area contributed by atoms with Gasteiger partial charge in [0.05, 0.1) is 6.61 Å². The lowest BCUT2D eigenvalue weighted by Crippen LogP contribution is -2.67. The molecule has 1 heterocycles. The molecule has 0 bridgehead atoms. The normalized spacial score (nSPS) is 21.7. The van der Waals surface area contributed by atoms with Gasteiger partial charge in [-0.05, 0) is 16.7 Å². The van der Waals surface area contributed by atoms with Gasteiger partial charge in [-0.25, -0.2) is 0 Å². The van der Waals surface area contributed by atoms with Gasteiger partial charge < -0.3 is 28.4 Å². The fourth-order valence-corrected chi connectivity index (χ4v) is 5.29. The molecule has 0 N–H and O–H groups in total. The van der Waals surface area contributed by atoms with Crippen molar-refractivity contribution >= 4 is 23.9 Å². The zero-order valence-corrected chi connectivity index (χ0v) is 24.4. The van der Waals surface area contributed by atoms with Crippen LogP contribution in [-0.4, -0.2) is 61.2 Å². The van der Waals surface area contributed by atoms with Gasteiger partial charge in [0.15, 0.2) is 12.2 Å². The molecule has 4 atom stereocenters. The minimum Gasteiger partial charge on any atom is -0.456 e. The summed E-state index contributed by atoms with van der Waals surface area (Å²) >= 11 is 0. The van der Waals surface area contributed by atoms with Crippen LogP contribution >= 0.6 is 0 Å². The van der Waals surface area contributed by atoms with E-state index in [2.05, 4.69) is 0 Å². The molecule has 0 amide bonds. The van der Waals surface area contributed by atoms with Crippen molar-refractivity contribution in [3.63, 3.8) is 0 Å². The zero-order valence-electron chi connectivity index (χ0n) is 24.4. The molecule has 3 aromatic rings. The van der Waals surface area contributed by atoms with E-state index in [0.717, 1.165) is 37.5 Å². The highest BCUT2D eigenvalue weighted by Crippen LogP contribution is 2.43. The van der Waals surface area contributed by atoms with Gasteiger partial charge in [-0.15, -0.1) is 0 Å². The van der Waals surface area contributed by atoms with Crippen molar-refractivity contribution in [3.05, 3.63) is 108 Å². The van der Waals surface area contributed by atoms with Crippen molar-refractivity contribution in [2.45, 2.75) is 57.4 Å². The summed E-state index contributed by atoms with van der Waals surface area (Å²) in [6, 6.07) is 28.3. The Morgan fingerprint density at radius 3 is 1.51 bits per heavy atom. The van der Waals surface area contributed by atoms with Gasteiger partial charge in [-0.1, -0.05) is 91.0 Å². The third-order valence-electron chi connectivity index (χ3n) is 6.85. The first-order valence-corrected chi connectivity index (χ1v) is 13.7. The Bertz CT molecular complexity index is 1310.